The van der Waals surface area contributed by atoms with Gasteiger partial charge in [-0.1, -0.05) is 37.6 Å². The van der Waals surface area contributed by atoms with Gasteiger partial charge in [-0.05, 0) is 43.9 Å². The maximum atomic E-state index is 3.47. The Kier molecular flexibility index (Phi) is 3.37. The van der Waals surface area contributed by atoms with Crippen LogP contribution in [0.25, 0.3) is 11.3 Å². The molecule has 0 fully saturated rings. The van der Waals surface area contributed by atoms with E-state index in [0.717, 1.165) is 0 Å². The Labute approximate surface area is 104 Å². The van der Waals surface area contributed by atoms with Gasteiger partial charge in [0.2, 0.25) is 0 Å². The van der Waals surface area contributed by atoms with Gasteiger partial charge in [0.05, 0.1) is 0 Å². The minimum Gasteiger partial charge on any atom is -0.358 e. The van der Waals surface area contributed by atoms with Crippen LogP contribution < -0.4 is 0 Å². The number of H-pyrrole nitrogens is 1. The molecule has 1 aromatic carbocycles. The van der Waals surface area contributed by atoms with Crippen molar-refractivity contribution < 1.29 is 0 Å². The molecule has 0 bridgehead atoms. The van der Waals surface area contributed by atoms with E-state index in [-0.39, 0.29) is 0 Å². The van der Waals surface area contributed by atoms with Gasteiger partial charge in [-0.25, -0.2) is 0 Å². The predicted octanol–water partition coefficient (Wildman–Crippen LogP) is 4.42. The zero-order chi connectivity index (χ0) is 12.4. The summed E-state index contributed by atoms with van der Waals surface area (Å²) >= 11 is 0. The lowest BCUT2D eigenvalue weighted by Gasteiger charge is -2.16. The molecule has 0 spiro atoms. The third kappa shape index (κ3) is 2.14. The van der Waals surface area contributed by atoms with Crippen molar-refractivity contribution >= 4 is 0 Å². The van der Waals surface area contributed by atoms with Crippen LogP contribution in [0.4, 0.5) is 0 Å². The largest absolute Gasteiger partial charge is 0.358 e. The van der Waals surface area contributed by atoms with Crippen LogP contribution in [0.5, 0.6) is 0 Å². The number of fused-ring (bicyclic) bond motifs is 3. The highest BCUT2D eigenvalue weighted by Gasteiger charge is 2.17. The maximum absolute atomic E-state index is 3.47. The van der Waals surface area contributed by atoms with Crippen LogP contribution in [0, 0.1) is 13.8 Å². The maximum Gasteiger partial charge on any atom is 0.0491 e. The lowest BCUT2D eigenvalue weighted by Crippen LogP contribution is -2.02. The molecule has 0 amide bonds. The third-order valence-corrected chi connectivity index (χ3v) is 3.23. The Balaban J connectivity index is 0.000000514. The van der Waals surface area contributed by atoms with Gasteiger partial charge < -0.3 is 4.98 Å². The van der Waals surface area contributed by atoms with E-state index in [2.05, 4.69) is 43.1 Å². The molecule has 0 aliphatic heterocycles. The molecule has 1 nitrogen and oxygen atoms in total. The number of hydrogen-bond donors (Lipinski definition) is 1. The van der Waals surface area contributed by atoms with Crippen LogP contribution in [-0.4, -0.2) is 4.98 Å². The van der Waals surface area contributed by atoms with Crippen molar-refractivity contribution in [2.24, 2.45) is 0 Å². The molecule has 1 aromatic heterocycles. The molecule has 1 N–H and O–H groups in total. The number of aromatic amines is 1. The topological polar surface area (TPSA) is 15.8 Å². The van der Waals surface area contributed by atoms with E-state index in [1.807, 2.05) is 13.8 Å². The van der Waals surface area contributed by atoms with Gasteiger partial charge in [0.1, 0.15) is 0 Å². The molecule has 1 heterocycles. The Morgan fingerprint density at radius 1 is 0.941 bits per heavy atom. The molecule has 17 heavy (non-hydrogen) atoms. The van der Waals surface area contributed by atoms with E-state index in [1.54, 1.807) is 0 Å². The van der Waals surface area contributed by atoms with Crippen molar-refractivity contribution in [2.75, 3.05) is 0 Å². The minimum absolute atomic E-state index is 1.18. The van der Waals surface area contributed by atoms with Crippen LogP contribution in [0.2, 0.25) is 0 Å². The highest BCUT2D eigenvalue weighted by molar-refractivity contribution is 5.70. The minimum atomic E-state index is 1.18. The molecule has 0 saturated heterocycles. The fourth-order valence-corrected chi connectivity index (χ4v) is 2.53. The molecule has 0 atom stereocenters. The Morgan fingerprint density at radius 3 is 2.41 bits per heavy atom. The zero-order valence-corrected chi connectivity index (χ0v) is 11.2. The quantitative estimate of drug-likeness (QED) is 0.685. The lowest BCUT2D eigenvalue weighted by atomic mass is 9.89. The van der Waals surface area contributed by atoms with Crippen molar-refractivity contribution in [3.8, 4) is 11.3 Å². The first-order chi connectivity index (χ1) is 8.24. The summed E-state index contributed by atoms with van der Waals surface area (Å²) < 4.78 is 0. The molecule has 2 aromatic rings. The van der Waals surface area contributed by atoms with Gasteiger partial charge >= 0.3 is 0 Å². The van der Waals surface area contributed by atoms with Gasteiger partial charge in [0.15, 0.2) is 0 Å². The number of rotatable bonds is 0. The summed E-state index contributed by atoms with van der Waals surface area (Å²) in [6, 6.07) is 9.04. The summed E-state index contributed by atoms with van der Waals surface area (Å²) in [5.74, 6) is 0. The first-order valence-electron chi connectivity index (χ1n) is 6.52. The van der Waals surface area contributed by atoms with E-state index in [1.165, 1.54) is 46.5 Å². The molecule has 0 saturated carbocycles. The van der Waals surface area contributed by atoms with E-state index < -0.39 is 0 Å². The van der Waals surface area contributed by atoms with Crippen LogP contribution in [0.15, 0.2) is 24.3 Å². The molecular weight excluding hydrogens is 206 g/mol. The van der Waals surface area contributed by atoms with E-state index in [0.29, 0.717) is 0 Å². The first kappa shape index (κ1) is 12.0. The standard InChI is InChI=1S/C14H15N.C2H6/c1-9-3-6-13-11(7-9)4-5-12-8-10(2)15-14(12)13;1-2/h3,6-8,15H,4-5H2,1-2H3;1-2H3. The molecule has 1 aliphatic carbocycles. The number of benzene rings is 1. The monoisotopic (exact) mass is 227 g/mol. The molecule has 1 aliphatic rings. The van der Waals surface area contributed by atoms with E-state index in [9.17, 15) is 0 Å². The molecule has 1 heteroatoms. The predicted molar refractivity (Wildman–Crippen MR) is 74.5 cm³/mol. The molecule has 0 unspecified atom stereocenters. The highest BCUT2D eigenvalue weighted by Crippen LogP contribution is 2.33. The number of aryl methyl sites for hydroxylation is 4. The summed E-state index contributed by atoms with van der Waals surface area (Å²) in [6.45, 7) is 8.29. The van der Waals surface area contributed by atoms with Gasteiger partial charge in [-0.15, -0.1) is 0 Å². The zero-order valence-electron chi connectivity index (χ0n) is 11.2. The van der Waals surface area contributed by atoms with Crippen molar-refractivity contribution in [1.82, 2.24) is 4.98 Å². The van der Waals surface area contributed by atoms with Gasteiger partial charge in [0.25, 0.3) is 0 Å². The second-order valence-electron chi connectivity index (χ2n) is 4.51. The second kappa shape index (κ2) is 4.79. The summed E-state index contributed by atoms with van der Waals surface area (Å²) in [6.07, 6.45) is 2.36. The average molecular weight is 227 g/mol. The number of hydrogen-bond acceptors (Lipinski definition) is 0. The lowest BCUT2D eigenvalue weighted by molar-refractivity contribution is 0.939. The summed E-state index contributed by atoms with van der Waals surface area (Å²) in [7, 11) is 0. The number of aromatic nitrogens is 1. The third-order valence-electron chi connectivity index (χ3n) is 3.23. The van der Waals surface area contributed by atoms with Crippen LogP contribution in [0.3, 0.4) is 0 Å². The fraction of sp³-hybridized carbons (Fsp3) is 0.375. The SMILES string of the molecule is CC.Cc1ccc2c(c1)CCc1cc(C)[nH]c1-2. The van der Waals surface area contributed by atoms with Gasteiger partial charge in [-0.2, -0.15) is 0 Å². The van der Waals surface area contributed by atoms with Crippen LogP contribution >= 0.6 is 0 Å². The Bertz CT molecular complexity index is 520. The van der Waals surface area contributed by atoms with Crippen molar-refractivity contribution in [2.45, 2.75) is 40.5 Å². The van der Waals surface area contributed by atoms with Crippen LogP contribution in [0.1, 0.15) is 36.2 Å². The Morgan fingerprint density at radius 2 is 1.65 bits per heavy atom. The van der Waals surface area contributed by atoms with Gasteiger partial charge in [0, 0.05) is 17.0 Å². The van der Waals surface area contributed by atoms with Crippen LogP contribution in [-0.2, 0) is 12.8 Å². The smallest absolute Gasteiger partial charge is 0.0491 e. The van der Waals surface area contributed by atoms with Crippen molar-refractivity contribution in [3.63, 3.8) is 0 Å². The van der Waals surface area contributed by atoms with E-state index in [4.69, 9.17) is 0 Å². The second-order valence-corrected chi connectivity index (χ2v) is 4.51. The first-order valence-corrected chi connectivity index (χ1v) is 6.52. The molecular formula is C16H21N. The van der Waals surface area contributed by atoms with Gasteiger partial charge in [-0.3, -0.25) is 0 Å². The summed E-state index contributed by atoms with van der Waals surface area (Å²) in [5, 5.41) is 0. The molecule has 90 valence electrons. The highest BCUT2D eigenvalue weighted by atomic mass is 14.7. The average Bonchev–Trinajstić information content (AvgIpc) is 2.72. The fourth-order valence-electron chi connectivity index (χ4n) is 2.53. The van der Waals surface area contributed by atoms with E-state index >= 15 is 0 Å². The van der Waals surface area contributed by atoms with Crippen molar-refractivity contribution in [1.29, 1.82) is 0 Å². The normalized spacial score (nSPS) is 12.2. The Hall–Kier alpha value is -1.50. The van der Waals surface area contributed by atoms with Crippen molar-refractivity contribution in [3.05, 3.63) is 46.6 Å². The molecule has 3 rings (SSSR count). The summed E-state index contributed by atoms with van der Waals surface area (Å²) in [5.41, 5.74) is 8.34. The number of nitrogens with one attached hydrogen (secondary N) is 1. The summed E-state index contributed by atoms with van der Waals surface area (Å²) in [4.78, 5) is 3.47. The molecule has 0 radical (unpaired) electrons.